The SMILES string of the molecule is C/C(=N\NC(=O)CCc1ccccc1)c1ccc(NC(=O)c2cccs2)cc1. The lowest BCUT2D eigenvalue weighted by molar-refractivity contribution is -0.121. The number of amides is 2. The van der Waals surface area contributed by atoms with Gasteiger partial charge in [-0.3, -0.25) is 9.59 Å². The summed E-state index contributed by atoms with van der Waals surface area (Å²) in [5.41, 5.74) is 6.00. The van der Waals surface area contributed by atoms with Crippen LogP contribution in [0, 0.1) is 0 Å². The number of hydrazone groups is 1. The van der Waals surface area contributed by atoms with E-state index in [0.717, 1.165) is 11.1 Å². The Morgan fingerprint density at radius 1 is 0.964 bits per heavy atom. The van der Waals surface area contributed by atoms with Crippen LogP contribution in [0.1, 0.15) is 34.1 Å². The van der Waals surface area contributed by atoms with Gasteiger partial charge in [0.05, 0.1) is 10.6 Å². The summed E-state index contributed by atoms with van der Waals surface area (Å²) >= 11 is 1.40. The second-order valence-corrected chi connectivity index (χ2v) is 7.17. The molecule has 2 N–H and O–H groups in total. The minimum Gasteiger partial charge on any atom is -0.321 e. The van der Waals surface area contributed by atoms with Crippen LogP contribution in [-0.4, -0.2) is 17.5 Å². The number of aryl methyl sites for hydroxylation is 1. The van der Waals surface area contributed by atoms with Crippen molar-refractivity contribution in [2.45, 2.75) is 19.8 Å². The number of hydrogen-bond acceptors (Lipinski definition) is 4. The van der Waals surface area contributed by atoms with E-state index < -0.39 is 0 Å². The van der Waals surface area contributed by atoms with E-state index in [2.05, 4.69) is 15.8 Å². The molecule has 0 aliphatic carbocycles. The summed E-state index contributed by atoms with van der Waals surface area (Å²) in [4.78, 5) is 24.7. The van der Waals surface area contributed by atoms with E-state index in [0.29, 0.717) is 29.1 Å². The van der Waals surface area contributed by atoms with Gasteiger partial charge < -0.3 is 5.32 Å². The maximum atomic E-state index is 12.1. The molecular formula is C22H21N3O2S. The molecule has 0 aliphatic rings. The molecule has 0 atom stereocenters. The van der Waals surface area contributed by atoms with Crippen molar-refractivity contribution in [3.8, 4) is 0 Å². The maximum absolute atomic E-state index is 12.1. The molecule has 1 heterocycles. The molecule has 2 aromatic carbocycles. The van der Waals surface area contributed by atoms with Gasteiger partial charge in [0.15, 0.2) is 0 Å². The summed E-state index contributed by atoms with van der Waals surface area (Å²) in [6, 6.07) is 20.9. The first-order valence-corrected chi connectivity index (χ1v) is 9.82. The van der Waals surface area contributed by atoms with Crippen molar-refractivity contribution in [3.63, 3.8) is 0 Å². The smallest absolute Gasteiger partial charge is 0.265 e. The van der Waals surface area contributed by atoms with Crippen LogP contribution >= 0.6 is 11.3 Å². The second-order valence-electron chi connectivity index (χ2n) is 6.23. The van der Waals surface area contributed by atoms with Crippen LogP contribution in [0.2, 0.25) is 0 Å². The lowest BCUT2D eigenvalue weighted by Crippen LogP contribution is -2.19. The molecule has 5 nitrogen and oxygen atoms in total. The van der Waals surface area contributed by atoms with Gasteiger partial charge in [0.2, 0.25) is 5.91 Å². The Labute approximate surface area is 168 Å². The summed E-state index contributed by atoms with van der Waals surface area (Å²) < 4.78 is 0. The molecule has 0 saturated heterocycles. The number of thiophene rings is 1. The second kappa shape index (κ2) is 9.62. The molecule has 28 heavy (non-hydrogen) atoms. The minimum atomic E-state index is -0.126. The summed E-state index contributed by atoms with van der Waals surface area (Å²) in [6.45, 7) is 1.83. The molecule has 0 radical (unpaired) electrons. The molecule has 0 aliphatic heterocycles. The molecule has 2 amide bonds. The quantitative estimate of drug-likeness (QED) is 0.461. The highest BCUT2D eigenvalue weighted by Crippen LogP contribution is 2.14. The molecule has 142 valence electrons. The van der Waals surface area contributed by atoms with Gasteiger partial charge in [-0.1, -0.05) is 48.5 Å². The molecule has 0 bridgehead atoms. The van der Waals surface area contributed by atoms with Gasteiger partial charge in [-0.2, -0.15) is 5.10 Å². The van der Waals surface area contributed by atoms with Crippen LogP contribution in [0.5, 0.6) is 0 Å². The van der Waals surface area contributed by atoms with Crippen LogP contribution in [0.15, 0.2) is 77.2 Å². The molecule has 0 unspecified atom stereocenters. The Morgan fingerprint density at radius 2 is 1.71 bits per heavy atom. The molecule has 1 aromatic heterocycles. The number of nitrogens with one attached hydrogen (secondary N) is 2. The number of carbonyl (C=O) groups excluding carboxylic acids is 2. The molecule has 0 saturated carbocycles. The van der Waals surface area contributed by atoms with E-state index >= 15 is 0 Å². The molecule has 3 aromatic rings. The monoisotopic (exact) mass is 391 g/mol. The van der Waals surface area contributed by atoms with Gasteiger partial charge >= 0.3 is 0 Å². The van der Waals surface area contributed by atoms with Crippen LogP contribution < -0.4 is 10.7 Å². The fraction of sp³-hybridized carbons (Fsp3) is 0.136. The Bertz CT molecular complexity index is 949. The number of carbonyl (C=O) groups is 2. The molecule has 0 fully saturated rings. The highest BCUT2D eigenvalue weighted by Gasteiger charge is 2.07. The van der Waals surface area contributed by atoms with E-state index in [4.69, 9.17) is 0 Å². The van der Waals surface area contributed by atoms with Gasteiger partial charge in [-0.15, -0.1) is 11.3 Å². The van der Waals surface area contributed by atoms with Crippen LogP contribution in [0.25, 0.3) is 0 Å². The minimum absolute atomic E-state index is 0.122. The fourth-order valence-corrected chi connectivity index (χ4v) is 3.18. The number of benzene rings is 2. The zero-order valence-electron chi connectivity index (χ0n) is 15.5. The third kappa shape index (κ3) is 5.62. The van der Waals surface area contributed by atoms with E-state index in [9.17, 15) is 9.59 Å². The van der Waals surface area contributed by atoms with Crippen molar-refractivity contribution in [2.24, 2.45) is 5.10 Å². The average Bonchev–Trinajstić information content (AvgIpc) is 3.27. The van der Waals surface area contributed by atoms with Crippen molar-refractivity contribution < 1.29 is 9.59 Å². The van der Waals surface area contributed by atoms with E-state index in [1.807, 2.05) is 73.0 Å². The van der Waals surface area contributed by atoms with Gasteiger partial charge in [0, 0.05) is 12.1 Å². The predicted molar refractivity (Wildman–Crippen MR) is 114 cm³/mol. The Balaban J connectivity index is 1.51. The Kier molecular flexibility index (Phi) is 6.70. The standard InChI is InChI=1S/C22H21N3O2S/c1-16(24-25-21(26)14-9-17-6-3-2-4-7-17)18-10-12-19(13-11-18)23-22(27)20-8-5-15-28-20/h2-8,10-13,15H,9,14H2,1H3,(H,23,27)(H,25,26)/b24-16+. The van der Waals surface area contributed by atoms with Crippen molar-refractivity contribution in [1.82, 2.24) is 5.43 Å². The third-order valence-electron chi connectivity index (χ3n) is 4.14. The van der Waals surface area contributed by atoms with E-state index in [-0.39, 0.29) is 11.8 Å². The van der Waals surface area contributed by atoms with Crippen LogP contribution in [-0.2, 0) is 11.2 Å². The third-order valence-corrected chi connectivity index (χ3v) is 5.01. The van der Waals surface area contributed by atoms with Gasteiger partial charge in [0.1, 0.15) is 0 Å². The number of anilines is 1. The maximum Gasteiger partial charge on any atom is 0.265 e. The number of hydrogen-bond donors (Lipinski definition) is 2. The fourth-order valence-electron chi connectivity index (χ4n) is 2.56. The molecule has 3 rings (SSSR count). The average molecular weight is 391 g/mol. The van der Waals surface area contributed by atoms with E-state index in [1.54, 1.807) is 6.07 Å². The highest BCUT2D eigenvalue weighted by atomic mass is 32.1. The predicted octanol–water partition coefficient (Wildman–Crippen LogP) is 4.47. The summed E-state index contributed by atoms with van der Waals surface area (Å²) in [6.07, 6.45) is 1.06. The Morgan fingerprint density at radius 3 is 2.39 bits per heavy atom. The van der Waals surface area contributed by atoms with Crippen molar-refractivity contribution in [2.75, 3.05) is 5.32 Å². The van der Waals surface area contributed by atoms with Crippen molar-refractivity contribution in [1.29, 1.82) is 0 Å². The van der Waals surface area contributed by atoms with Gasteiger partial charge in [0.25, 0.3) is 5.91 Å². The van der Waals surface area contributed by atoms with Gasteiger partial charge in [-0.25, -0.2) is 5.43 Å². The first-order chi connectivity index (χ1) is 13.6. The van der Waals surface area contributed by atoms with Crippen molar-refractivity contribution >= 4 is 34.6 Å². The number of nitrogens with zero attached hydrogens (tertiary/aromatic N) is 1. The highest BCUT2D eigenvalue weighted by molar-refractivity contribution is 7.12. The molecular weight excluding hydrogens is 370 g/mol. The number of rotatable bonds is 7. The first kappa shape index (κ1) is 19.5. The van der Waals surface area contributed by atoms with Gasteiger partial charge in [-0.05, 0) is 48.1 Å². The topological polar surface area (TPSA) is 70.6 Å². The summed E-state index contributed by atoms with van der Waals surface area (Å²) in [5.74, 6) is -0.248. The summed E-state index contributed by atoms with van der Waals surface area (Å²) in [7, 11) is 0. The van der Waals surface area contributed by atoms with E-state index in [1.165, 1.54) is 11.3 Å². The van der Waals surface area contributed by atoms with Crippen LogP contribution in [0.3, 0.4) is 0 Å². The van der Waals surface area contributed by atoms with Crippen LogP contribution in [0.4, 0.5) is 5.69 Å². The first-order valence-electron chi connectivity index (χ1n) is 8.94. The zero-order chi connectivity index (χ0) is 19.8. The Hall–Kier alpha value is -3.25. The normalized spacial score (nSPS) is 11.1. The zero-order valence-corrected chi connectivity index (χ0v) is 16.3. The summed E-state index contributed by atoms with van der Waals surface area (Å²) in [5, 5.41) is 8.89. The van der Waals surface area contributed by atoms with Crippen molar-refractivity contribution in [3.05, 3.63) is 88.1 Å². The lowest BCUT2D eigenvalue weighted by atomic mass is 10.1. The molecule has 6 heteroatoms. The molecule has 0 spiro atoms. The largest absolute Gasteiger partial charge is 0.321 e. The lowest BCUT2D eigenvalue weighted by Gasteiger charge is -2.06.